The average Bonchev–Trinajstić information content (AvgIpc) is 3.05. The summed E-state index contributed by atoms with van der Waals surface area (Å²) in [5.41, 5.74) is 2.75. The Hall–Kier alpha value is -1.70. The smallest absolute Gasteiger partial charge is 0.136 e. The lowest BCUT2D eigenvalue weighted by Gasteiger charge is -2.19. The molecule has 0 N–H and O–H groups in total. The molecule has 1 aromatic rings. The summed E-state index contributed by atoms with van der Waals surface area (Å²) in [6.45, 7) is 6.21. The molecule has 0 aromatic heterocycles. The molecule has 2 nitrogen and oxygen atoms in total. The highest BCUT2D eigenvalue weighted by atomic mass is 16.1. The maximum Gasteiger partial charge on any atom is 0.136 e. The normalized spacial score (nSPS) is 20.8. The molecular weight excluding hydrogens is 344 g/mol. The molecule has 0 bridgehead atoms. The SMILES string of the molecule is CCCCCC(C)c1ccc(C2CCC(=O)C2C/C=C/CCCC(C)=O)cc1. The fraction of sp³-hybridized carbons (Fsp3) is 0.615. The molecule has 0 saturated heterocycles. The predicted octanol–water partition coefficient (Wildman–Crippen LogP) is 7.14. The van der Waals surface area contributed by atoms with Crippen LogP contribution in [0.1, 0.15) is 108 Å². The Morgan fingerprint density at radius 2 is 1.89 bits per heavy atom. The van der Waals surface area contributed by atoms with Crippen LogP contribution in [0, 0.1) is 5.92 Å². The van der Waals surface area contributed by atoms with Crippen LogP contribution in [0.5, 0.6) is 0 Å². The van der Waals surface area contributed by atoms with E-state index in [9.17, 15) is 9.59 Å². The van der Waals surface area contributed by atoms with Crippen LogP contribution in [0.15, 0.2) is 36.4 Å². The number of ketones is 2. The van der Waals surface area contributed by atoms with E-state index in [0.29, 0.717) is 30.5 Å². The van der Waals surface area contributed by atoms with Crippen molar-refractivity contribution in [2.45, 2.75) is 96.8 Å². The van der Waals surface area contributed by atoms with Gasteiger partial charge in [0, 0.05) is 18.8 Å². The van der Waals surface area contributed by atoms with Gasteiger partial charge in [0.15, 0.2) is 0 Å². The Morgan fingerprint density at radius 3 is 2.57 bits per heavy atom. The molecule has 3 atom stereocenters. The summed E-state index contributed by atoms with van der Waals surface area (Å²) in [7, 11) is 0. The van der Waals surface area contributed by atoms with E-state index in [1.165, 1.54) is 36.8 Å². The first-order valence-electron chi connectivity index (χ1n) is 11.3. The van der Waals surface area contributed by atoms with Gasteiger partial charge in [0.05, 0.1) is 0 Å². The van der Waals surface area contributed by atoms with Crippen molar-refractivity contribution in [1.82, 2.24) is 0 Å². The van der Waals surface area contributed by atoms with Gasteiger partial charge in [-0.05, 0) is 62.0 Å². The zero-order valence-electron chi connectivity index (χ0n) is 18.1. The second-order valence-corrected chi connectivity index (χ2v) is 8.58. The molecule has 28 heavy (non-hydrogen) atoms. The summed E-state index contributed by atoms with van der Waals surface area (Å²) in [6.07, 6.45) is 14.5. The second kappa shape index (κ2) is 12.0. The van der Waals surface area contributed by atoms with E-state index in [-0.39, 0.29) is 11.7 Å². The number of carbonyl (C=O) groups excluding carboxylic acids is 2. The number of unbranched alkanes of at least 4 members (excludes halogenated alkanes) is 3. The van der Waals surface area contributed by atoms with E-state index < -0.39 is 0 Å². The number of benzene rings is 1. The van der Waals surface area contributed by atoms with E-state index in [1.54, 1.807) is 6.92 Å². The fourth-order valence-electron chi connectivity index (χ4n) is 4.37. The van der Waals surface area contributed by atoms with Crippen LogP contribution in [-0.4, -0.2) is 11.6 Å². The minimum Gasteiger partial charge on any atom is -0.300 e. The lowest BCUT2D eigenvalue weighted by atomic mass is 9.85. The van der Waals surface area contributed by atoms with E-state index in [2.05, 4.69) is 50.3 Å². The molecule has 0 heterocycles. The Kier molecular flexibility index (Phi) is 9.67. The third-order valence-corrected chi connectivity index (χ3v) is 6.23. The fourth-order valence-corrected chi connectivity index (χ4v) is 4.37. The van der Waals surface area contributed by atoms with Gasteiger partial charge in [-0.3, -0.25) is 4.79 Å². The van der Waals surface area contributed by atoms with E-state index in [1.807, 2.05) is 0 Å². The molecule has 0 aliphatic heterocycles. The largest absolute Gasteiger partial charge is 0.300 e. The molecule has 0 radical (unpaired) electrons. The van der Waals surface area contributed by atoms with Crippen molar-refractivity contribution in [3.63, 3.8) is 0 Å². The van der Waals surface area contributed by atoms with Crippen LogP contribution in [0.3, 0.4) is 0 Å². The van der Waals surface area contributed by atoms with Crippen molar-refractivity contribution >= 4 is 11.6 Å². The predicted molar refractivity (Wildman–Crippen MR) is 118 cm³/mol. The molecule has 1 aliphatic rings. The van der Waals surface area contributed by atoms with Gasteiger partial charge in [-0.1, -0.05) is 69.5 Å². The highest BCUT2D eigenvalue weighted by molar-refractivity contribution is 5.84. The van der Waals surface area contributed by atoms with Crippen molar-refractivity contribution in [2.24, 2.45) is 5.92 Å². The molecule has 154 valence electrons. The summed E-state index contributed by atoms with van der Waals surface area (Å²) in [4.78, 5) is 23.4. The van der Waals surface area contributed by atoms with E-state index in [0.717, 1.165) is 25.7 Å². The lowest BCUT2D eigenvalue weighted by molar-refractivity contribution is -0.120. The molecule has 1 aliphatic carbocycles. The van der Waals surface area contributed by atoms with Gasteiger partial charge >= 0.3 is 0 Å². The van der Waals surface area contributed by atoms with Gasteiger partial charge in [-0.15, -0.1) is 0 Å². The van der Waals surface area contributed by atoms with Gasteiger partial charge in [0.25, 0.3) is 0 Å². The van der Waals surface area contributed by atoms with Gasteiger partial charge in [-0.25, -0.2) is 0 Å². The molecule has 3 unspecified atom stereocenters. The second-order valence-electron chi connectivity index (χ2n) is 8.58. The quantitative estimate of drug-likeness (QED) is 0.284. The van der Waals surface area contributed by atoms with Gasteiger partial charge in [-0.2, -0.15) is 0 Å². The minimum atomic E-state index is 0.122. The molecule has 1 aromatic carbocycles. The van der Waals surface area contributed by atoms with Gasteiger partial charge < -0.3 is 4.79 Å². The number of carbonyl (C=O) groups is 2. The monoisotopic (exact) mass is 382 g/mol. The number of hydrogen-bond acceptors (Lipinski definition) is 2. The number of rotatable bonds is 12. The molecular formula is C26H38O2. The average molecular weight is 383 g/mol. The summed E-state index contributed by atoms with van der Waals surface area (Å²) in [5, 5.41) is 0. The topological polar surface area (TPSA) is 34.1 Å². The first-order chi connectivity index (χ1) is 13.5. The summed E-state index contributed by atoms with van der Waals surface area (Å²) in [5.74, 6) is 1.76. The molecule has 0 amide bonds. The molecule has 2 heteroatoms. The summed E-state index contributed by atoms with van der Waals surface area (Å²) in [6, 6.07) is 9.09. The Balaban J connectivity index is 1.90. The van der Waals surface area contributed by atoms with E-state index >= 15 is 0 Å². The molecule has 2 rings (SSSR count). The Labute approximate surface area is 171 Å². The van der Waals surface area contributed by atoms with Crippen molar-refractivity contribution in [2.75, 3.05) is 0 Å². The standard InChI is InChI=1S/C26H38O2/c1-4-5-8-11-20(2)22-14-16-23(17-15-22)24-18-19-26(28)25(24)13-10-7-6-9-12-21(3)27/h7,10,14-17,20,24-25H,4-6,8-9,11-13,18-19H2,1-3H3/b10-7+. The van der Waals surface area contributed by atoms with Crippen LogP contribution in [0.2, 0.25) is 0 Å². The van der Waals surface area contributed by atoms with Crippen LogP contribution < -0.4 is 0 Å². The molecule has 1 fully saturated rings. The summed E-state index contributed by atoms with van der Waals surface area (Å²) >= 11 is 0. The lowest BCUT2D eigenvalue weighted by Crippen LogP contribution is -2.12. The van der Waals surface area contributed by atoms with Crippen molar-refractivity contribution in [3.05, 3.63) is 47.5 Å². The third kappa shape index (κ3) is 7.04. The first-order valence-corrected chi connectivity index (χ1v) is 11.3. The van der Waals surface area contributed by atoms with Crippen LogP contribution in [0.25, 0.3) is 0 Å². The number of allylic oxidation sites excluding steroid dienone is 2. The summed E-state index contributed by atoms with van der Waals surface area (Å²) < 4.78 is 0. The van der Waals surface area contributed by atoms with Gasteiger partial charge in [0.1, 0.15) is 11.6 Å². The van der Waals surface area contributed by atoms with Gasteiger partial charge in [0.2, 0.25) is 0 Å². The highest BCUT2D eigenvalue weighted by Crippen LogP contribution is 2.40. The van der Waals surface area contributed by atoms with Crippen molar-refractivity contribution in [3.8, 4) is 0 Å². The minimum absolute atomic E-state index is 0.122. The first kappa shape index (κ1) is 22.6. The van der Waals surface area contributed by atoms with E-state index in [4.69, 9.17) is 0 Å². The highest BCUT2D eigenvalue weighted by Gasteiger charge is 2.34. The maximum atomic E-state index is 12.4. The molecule has 0 spiro atoms. The maximum absolute atomic E-state index is 12.4. The zero-order chi connectivity index (χ0) is 20.4. The van der Waals surface area contributed by atoms with Crippen LogP contribution in [0.4, 0.5) is 0 Å². The number of hydrogen-bond donors (Lipinski definition) is 0. The number of Topliss-reactive ketones (excluding diaryl/α,β-unsaturated/α-hetero) is 2. The zero-order valence-corrected chi connectivity index (χ0v) is 18.1. The van der Waals surface area contributed by atoms with Crippen molar-refractivity contribution in [1.29, 1.82) is 0 Å². The van der Waals surface area contributed by atoms with Crippen molar-refractivity contribution < 1.29 is 9.59 Å². The third-order valence-electron chi connectivity index (χ3n) is 6.23. The Morgan fingerprint density at radius 1 is 1.14 bits per heavy atom. The molecule has 1 saturated carbocycles. The Bertz CT molecular complexity index is 641. The van der Waals surface area contributed by atoms with Crippen LogP contribution >= 0.6 is 0 Å². The van der Waals surface area contributed by atoms with Crippen LogP contribution in [-0.2, 0) is 9.59 Å².